The molecule has 0 radical (unpaired) electrons. The Hall–Kier alpha value is -1.92. The molecule has 2 aliphatic rings. The molecule has 25 heavy (non-hydrogen) atoms. The third-order valence-corrected chi connectivity index (χ3v) is 5.20. The van der Waals surface area contributed by atoms with Crippen molar-refractivity contribution in [3.63, 3.8) is 0 Å². The monoisotopic (exact) mass is 345 g/mol. The molecule has 0 aromatic heterocycles. The molecule has 3 rings (SSSR count). The predicted molar refractivity (Wildman–Crippen MR) is 95.5 cm³/mol. The topological polar surface area (TPSA) is 53.1 Å². The first-order valence-electron chi connectivity index (χ1n) is 9.03. The number of piperazine rings is 1. The second-order valence-electron chi connectivity index (χ2n) is 6.76. The average molecular weight is 345 g/mol. The van der Waals surface area contributed by atoms with Crippen molar-refractivity contribution in [2.45, 2.75) is 19.9 Å². The number of amides is 2. The van der Waals surface area contributed by atoms with Gasteiger partial charge in [0.15, 0.2) is 0 Å². The predicted octanol–water partition coefficient (Wildman–Crippen LogP) is 1.00. The van der Waals surface area contributed by atoms with E-state index >= 15 is 0 Å². The Balaban J connectivity index is 1.55. The summed E-state index contributed by atoms with van der Waals surface area (Å²) in [6, 6.07) is 7.55. The molecule has 2 aliphatic heterocycles. The lowest BCUT2D eigenvalue weighted by atomic mass is 10.1. The van der Waals surface area contributed by atoms with Gasteiger partial charge < -0.3 is 14.5 Å². The van der Waals surface area contributed by atoms with Crippen LogP contribution in [0.1, 0.15) is 22.8 Å². The average Bonchev–Trinajstić information content (AvgIpc) is 2.67. The van der Waals surface area contributed by atoms with Gasteiger partial charge in [-0.3, -0.25) is 14.5 Å². The van der Waals surface area contributed by atoms with Crippen molar-refractivity contribution in [3.8, 4) is 0 Å². The van der Waals surface area contributed by atoms with Gasteiger partial charge >= 0.3 is 0 Å². The first-order valence-corrected chi connectivity index (χ1v) is 9.03. The third kappa shape index (κ3) is 4.02. The zero-order valence-electron chi connectivity index (χ0n) is 15.1. The van der Waals surface area contributed by atoms with Crippen molar-refractivity contribution in [2.24, 2.45) is 0 Å². The molecule has 1 aromatic carbocycles. The molecule has 0 spiro atoms. The van der Waals surface area contributed by atoms with Gasteiger partial charge in [-0.1, -0.05) is 18.2 Å². The molecular weight excluding hydrogens is 318 g/mol. The van der Waals surface area contributed by atoms with Crippen LogP contribution in [0.15, 0.2) is 24.3 Å². The Kier molecular flexibility index (Phi) is 5.71. The van der Waals surface area contributed by atoms with Crippen LogP contribution >= 0.6 is 0 Å². The molecule has 1 atom stereocenters. The van der Waals surface area contributed by atoms with Crippen molar-refractivity contribution in [1.82, 2.24) is 14.7 Å². The highest BCUT2D eigenvalue weighted by Crippen LogP contribution is 2.15. The van der Waals surface area contributed by atoms with Crippen molar-refractivity contribution >= 4 is 11.8 Å². The van der Waals surface area contributed by atoms with Gasteiger partial charge in [-0.15, -0.1) is 0 Å². The molecule has 0 N–H and O–H groups in total. The van der Waals surface area contributed by atoms with Gasteiger partial charge in [0.05, 0.1) is 19.3 Å². The summed E-state index contributed by atoms with van der Waals surface area (Å²) in [6.07, 6.45) is 0. The van der Waals surface area contributed by atoms with E-state index in [1.165, 1.54) is 0 Å². The van der Waals surface area contributed by atoms with Crippen LogP contribution in [-0.4, -0.2) is 85.0 Å². The van der Waals surface area contributed by atoms with E-state index in [1.807, 2.05) is 47.9 Å². The number of carbonyl (C=O) groups is 2. The fourth-order valence-electron chi connectivity index (χ4n) is 3.50. The van der Waals surface area contributed by atoms with E-state index < -0.39 is 0 Å². The number of rotatable bonds is 3. The van der Waals surface area contributed by atoms with Crippen LogP contribution in [0.2, 0.25) is 0 Å². The van der Waals surface area contributed by atoms with E-state index in [1.54, 1.807) is 0 Å². The van der Waals surface area contributed by atoms with Gasteiger partial charge in [0.1, 0.15) is 0 Å². The molecule has 2 amide bonds. The minimum Gasteiger partial charge on any atom is -0.378 e. The van der Waals surface area contributed by atoms with E-state index in [0.29, 0.717) is 39.4 Å². The minimum atomic E-state index is -0.145. The first-order chi connectivity index (χ1) is 12.1. The molecule has 0 aliphatic carbocycles. The molecule has 0 bridgehead atoms. The summed E-state index contributed by atoms with van der Waals surface area (Å²) in [5, 5.41) is 0. The lowest BCUT2D eigenvalue weighted by Gasteiger charge is -2.39. The summed E-state index contributed by atoms with van der Waals surface area (Å²) < 4.78 is 5.32. The number of benzene rings is 1. The van der Waals surface area contributed by atoms with E-state index in [4.69, 9.17) is 4.74 Å². The number of ether oxygens (including phenoxy) is 1. The number of nitrogens with zero attached hydrogens (tertiary/aromatic N) is 3. The van der Waals surface area contributed by atoms with Crippen LogP contribution in [0, 0.1) is 6.92 Å². The van der Waals surface area contributed by atoms with Gasteiger partial charge in [-0.05, 0) is 25.5 Å². The summed E-state index contributed by atoms with van der Waals surface area (Å²) in [7, 11) is 0. The highest BCUT2D eigenvalue weighted by Gasteiger charge is 2.31. The quantitative estimate of drug-likeness (QED) is 0.820. The van der Waals surface area contributed by atoms with E-state index in [9.17, 15) is 9.59 Å². The van der Waals surface area contributed by atoms with Crippen LogP contribution in [0.3, 0.4) is 0 Å². The number of carbonyl (C=O) groups excluding carboxylic acids is 2. The van der Waals surface area contributed by atoms with Crippen molar-refractivity contribution < 1.29 is 14.3 Å². The molecule has 2 heterocycles. The van der Waals surface area contributed by atoms with E-state index in [2.05, 4.69) is 4.90 Å². The zero-order chi connectivity index (χ0) is 17.8. The maximum Gasteiger partial charge on any atom is 0.254 e. The second-order valence-corrected chi connectivity index (χ2v) is 6.76. The van der Waals surface area contributed by atoms with Gasteiger partial charge in [0, 0.05) is 44.8 Å². The summed E-state index contributed by atoms with van der Waals surface area (Å²) in [5.41, 5.74) is 1.78. The number of aryl methyl sites for hydroxylation is 1. The molecule has 2 saturated heterocycles. The molecular formula is C19H27N3O3. The molecule has 0 unspecified atom stereocenters. The molecule has 6 nitrogen and oxygen atoms in total. The maximum atomic E-state index is 12.7. The normalized spacial score (nSPS) is 20.4. The van der Waals surface area contributed by atoms with Gasteiger partial charge in [-0.25, -0.2) is 0 Å². The highest BCUT2D eigenvalue weighted by atomic mass is 16.5. The second kappa shape index (κ2) is 7.97. The molecule has 2 fully saturated rings. The summed E-state index contributed by atoms with van der Waals surface area (Å²) >= 11 is 0. The molecule has 1 aromatic rings. The Morgan fingerprint density at radius 2 is 1.60 bits per heavy atom. The van der Waals surface area contributed by atoms with Crippen molar-refractivity contribution in [1.29, 1.82) is 0 Å². The number of hydrogen-bond donors (Lipinski definition) is 0. The zero-order valence-corrected chi connectivity index (χ0v) is 15.1. The molecule has 136 valence electrons. The van der Waals surface area contributed by atoms with Crippen molar-refractivity contribution in [2.75, 3.05) is 52.5 Å². The number of hydrogen-bond acceptors (Lipinski definition) is 4. The van der Waals surface area contributed by atoms with E-state index in [-0.39, 0.29) is 17.9 Å². The Morgan fingerprint density at radius 3 is 2.24 bits per heavy atom. The first kappa shape index (κ1) is 17.9. The SMILES string of the molecule is Cc1ccccc1C(=O)N1CCN([C@H](C)C(=O)N2CCOCC2)CC1. The largest absolute Gasteiger partial charge is 0.378 e. The van der Waals surface area contributed by atoms with Gasteiger partial charge in [-0.2, -0.15) is 0 Å². The lowest BCUT2D eigenvalue weighted by Crippen LogP contribution is -2.56. The third-order valence-electron chi connectivity index (χ3n) is 5.20. The number of morpholine rings is 1. The van der Waals surface area contributed by atoms with Crippen LogP contribution in [0.25, 0.3) is 0 Å². The van der Waals surface area contributed by atoms with Crippen LogP contribution < -0.4 is 0 Å². The summed E-state index contributed by atoms with van der Waals surface area (Å²) in [4.78, 5) is 31.3. The standard InChI is InChI=1S/C19H27N3O3/c1-15-5-3-4-6-17(15)19(24)21-9-7-20(8-10-21)16(2)18(23)22-11-13-25-14-12-22/h3-6,16H,7-14H2,1-2H3/t16-/m1/s1. The Bertz CT molecular complexity index is 620. The molecule has 0 saturated carbocycles. The molecule has 6 heteroatoms. The highest BCUT2D eigenvalue weighted by molar-refractivity contribution is 5.95. The van der Waals surface area contributed by atoms with Crippen molar-refractivity contribution in [3.05, 3.63) is 35.4 Å². The van der Waals surface area contributed by atoms with E-state index in [0.717, 1.165) is 24.2 Å². The van der Waals surface area contributed by atoms with Crippen LogP contribution in [0.4, 0.5) is 0 Å². The minimum absolute atomic E-state index is 0.0879. The Morgan fingerprint density at radius 1 is 0.960 bits per heavy atom. The summed E-state index contributed by atoms with van der Waals surface area (Å²) in [6.45, 7) is 9.31. The Labute approximate surface area is 149 Å². The maximum absolute atomic E-state index is 12.7. The lowest BCUT2D eigenvalue weighted by molar-refractivity contribution is -0.141. The summed E-state index contributed by atoms with van der Waals surface area (Å²) in [5.74, 6) is 0.256. The fraction of sp³-hybridized carbons (Fsp3) is 0.579. The van der Waals surface area contributed by atoms with Gasteiger partial charge in [0.25, 0.3) is 5.91 Å². The van der Waals surface area contributed by atoms with Crippen LogP contribution in [0.5, 0.6) is 0 Å². The fourth-order valence-corrected chi connectivity index (χ4v) is 3.50. The smallest absolute Gasteiger partial charge is 0.254 e. The van der Waals surface area contributed by atoms with Gasteiger partial charge in [0.2, 0.25) is 5.91 Å². The van der Waals surface area contributed by atoms with Crippen LogP contribution in [-0.2, 0) is 9.53 Å².